The third-order valence-electron chi connectivity index (χ3n) is 4.80. The molecule has 2 unspecified atom stereocenters. The molecule has 4 rings (SSSR count). The Balaban J connectivity index is 1.47. The van der Waals surface area contributed by atoms with Gasteiger partial charge in [0, 0.05) is 16.9 Å². The number of primary amides is 1. The van der Waals surface area contributed by atoms with Crippen molar-refractivity contribution in [2.75, 3.05) is 17.2 Å². The number of thiazole rings is 1. The molecule has 4 heterocycles. The molecule has 3 amide bonds. The molecule has 1 saturated heterocycles. The normalized spacial score (nSPS) is 19.8. The van der Waals surface area contributed by atoms with Crippen LogP contribution in [-0.4, -0.2) is 92.7 Å². The number of aliphatic carboxylic acids is 1. The van der Waals surface area contributed by atoms with E-state index in [2.05, 4.69) is 31.0 Å². The van der Waals surface area contributed by atoms with Crippen LogP contribution in [0.3, 0.4) is 0 Å². The first-order valence-electron chi connectivity index (χ1n) is 9.52. The summed E-state index contributed by atoms with van der Waals surface area (Å²) in [5, 5.41) is 36.5. The Labute approximate surface area is 207 Å². The highest BCUT2D eigenvalue weighted by atomic mass is 32.2. The molecule has 0 aromatic carbocycles. The summed E-state index contributed by atoms with van der Waals surface area (Å²) in [6, 6.07) is -1.04. The second-order valence-corrected chi connectivity index (χ2v) is 9.95. The molecule has 16 nitrogen and oxygen atoms in total. The standard InChI is InChI=1S/C16H16N10O6S3/c17-7(27)1-25-16(21-23-24-25)35-3-5-2-33-13-9(12(29)26(13)10(5)14(30)31)20-11(28)8(22-32)6-4-34-15(18)19-6/h4,9,13,32H,1-3H2,(H2,17,27)(H2,18,19)(H,20,28)(H,30,31)/b22-8+. The highest BCUT2D eigenvalue weighted by molar-refractivity contribution is 8.01. The van der Waals surface area contributed by atoms with Crippen LogP contribution >= 0.6 is 34.9 Å². The number of carboxylic acid groups (broad SMARTS) is 1. The van der Waals surface area contributed by atoms with Crippen molar-refractivity contribution in [3.63, 3.8) is 0 Å². The van der Waals surface area contributed by atoms with Crippen LogP contribution in [0, 0.1) is 0 Å². The summed E-state index contributed by atoms with van der Waals surface area (Å²) >= 11 is 3.38. The molecule has 35 heavy (non-hydrogen) atoms. The van der Waals surface area contributed by atoms with Gasteiger partial charge in [-0.05, 0) is 16.0 Å². The van der Waals surface area contributed by atoms with Crippen LogP contribution in [0.15, 0.2) is 27.0 Å². The van der Waals surface area contributed by atoms with Crippen LogP contribution in [0.2, 0.25) is 0 Å². The lowest BCUT2D eigenvalue weighted by Crippen LogP contribution is -2.71. The van der Waals surface area contributed by atoms with Gasteiger partial charge < -0.3 is 27.1 Å². The van der Waals surface area contributed by atoms with Crippen LogP contribution in [0.4, 0.5) is 5.13 Å². The monoisotopic (exact) mass is 540 g/mol. The minimum atomic E-state index is -1.31. The molecule has 2 aliphatic rings. The van der Waals surface area contributed by atoms with Gasteiger partial charge in [-0.25, -0.2) is 14.5 Å². The SMILES string of the molecule is NC(=O)Cn1nnnc1SCC1=C(C(=O)O)N2C(=O)C(NC(=O)/C(=N/O)c3csc(N)n3)C2SC1. The number of nitrogens with two attached hydrogens (primary N) is 2. The second-order valence-electron chi connectivity index (χ2n) is 7.01. The summed E-state index contributed by atoms with van der Waals surface area (Å²) in [6.07, 6.45) is 0. The number of carbonyl (C=O) groups is 4. The molecular formula is C16H16N10O6S3. The minimum Gasteiger partial charge on any atom is -0.477 e. The summed E-state index contributed by atoms with van der Waals surface area (Å²) in [6.45, 7) is -0.240. The van der Waals surface area contributed by atoms with Crippen molar-refractivity contribution in [1.29, 1.82) is 0 Å². The zero-order valence-electron chi connectivity index (χ0n) is 17.4. The predicted molar refractivity (Wildman–Crippen MR) is 122 cm³/mol. The van der Waals surface area contributed by atoms with Crippen molar-refractivity contribution in [2.45, 2.75) is 23.1 Å². The Morgan fingerprint density at radius 1 is 1.37 bits per heavy atom. The van der Waals surface area contributed by atoms with E-state index in [0.717, 1.165) is 28.0 Å². The van der Waals surface area contributed by atoms with Crippen LogP contribution in [0.1, 0.15) is 5.69 Å². The molecule has 0 radical (unpaired) electrons. The van der Waals surface area contributed by atoms with E-state index in [1.165, 1.54) is 21.8 Å². The van der Waals surface area contributed by atoms with Gasteiger partial charge in [0.2, 0.25) is 11.1 Å². The summed E-state index contributed by atoms with van der Waals surface area (Å²) in [5.74, 6) is -3.07. The van der Waals surface area contributed by atoms with E-state index in [1.54, 1.807) is 0 Å². The van der Waals surface area contributed by atoms with E-state index in [1.807, 2.05) is 0 Å². The number of thioether (sulfide) groups is 2. The summed E-state index contributed by atoms with van der Waals surface area (Å²) < 4.78 is 1.18. The number of rotatable bonds is 9. The van der Waals surface area contributed by atoms with Crippen LogP contribution in [0.25, 0.3) is 0 Å². The third-order valence-corrected chi connectivity index (χ3v) is 7.85. The molecule has 0 bridgehead atoms. The van der Waals surface area contributed by atoms with Gasteiger partial charge in [0.25, 0.3) is 11.8 Å². The minimum absolute atomic E-state index is 0.0385. The Hall–Kier alpha value is -3.71. The topological polar surface area (TPSA) is 245 Å². The van der Waals surface area contributed by atoms with Crippen molar-refractivity contribution in [1.82, 2.24) is 35.4 Å². The van der Waals surface area contributed by atoms with Crippen molar-refractivity contribution in [3.05, 3.63) is 22.3 Å². The molecule has 2 aliphatic heterocycles. The maximum atomic E-state index is 12.8. The van der Waals surface area contributed by atoms with Gasteiger partial charge in [-0.15, -0.1) is 28.2 Å². The largest absolute Gasteiger partial charge is 0.477 e. The zero-order chi connectivity index (χ0) is 25.3. The third kappa shape index (κ3) is 4.77. The number of carboxylic acids is 1. The smallest absolute Gasteiger partial charge is 0.352 e. The molecule has 1 fully saturated rings. The van der Waals surface area contributed by atoms with Crippen molar-refractivity contribution in [3.8, 4) is 0 Å². The van der Waals surface area contributed by atoms with Gasteiger partial charge in [0.1, 0.15) is 29.4 Å². The average molecular weight is 541 g/mol. The van der Waals surface area contributed by atoms with Crippen molar-refractivity contribution in [2.24, 2.45) is 10.9 Å². The number of tetrazole rings is 1. The molecule has 184 valence electrons. The van der Waals surface area contributed by atoms with Gasteiger partial charge in [-0.1, -0.05) is 16.9 Å². The fourth-order valence-electron chi connectivity index (χ4n) is 3.31. The Morgan fingerprint density at radius 2 is 2.14 bits per heavy atom. The number of hydrogen-bond acceptors (Lipinski definition) is 14. The number of hydrogen-bond donors (Lipinski definition) is 5. The number of fused-ring (bicyclic) bond motifs is 1. The molecule has 2 atom stereocenters. The molecule has 19 heteroatoms. The van der Waals surface area contributed by atoms with Gasteiger partial charge >= 0.3 is 5.97 Å². The van der Waals surface area contributed by atoms with Gasteiger partial charge in [-0.3, -0.25) is 19.3 Å². The van der Waals surface area contributed by atoms with Crippen LogP contribution in [-0.2, 0) is 25.7 Å². The van der Waals surface area contributed by atoms with Crippen molar-refractivity contribution >= 4 is 69.4 Å². The Morgan fingerprint density at radius 3 is 2.77 bits per heavy atom. The number of anilines is 1. The van der Waals surface area contributed by atoms with E-state index in [4.69, 9.17) is 11.5 Å². The lowest BCUT2D eigenvalue weighted by atomic mass is 10.0. The fraction of sp³-hybridized carbons (Fsp3) is 0.312. The summed E-state index contributed by atoms with van der Waals surface area (Å²) in [5.41, 5.74) is 10.5. The molecular weight excluding hydrogens is 524 g/mol. The summed E-state index contributed by atoms with van der Waals surface area (Å²) in [7, 11) is 0. The van der Waals surface area contributed by atoms with E-state index in [9.17, 15) is 29.5 Å². The van der Waals surface area contributed by atoms with E-state index < -0.39 is 40.8 Å². The lowest BCUT2D eigenvalue weighted by molar-refractivity contribution is -0.150. The van der Waals surface area contributed by atoms with Crippen molar-refractivity contribution < 1.29 is 29.5 Å². The first-order chi connectivity index (χ1) is 16.7. The second kappa shape index (κ2) is 9.88. The Kier molecular flexibility index (Phi) is 6.89. The van der Waals surface area contributed by atoms with Crippen LogP contribution < -0.4 is 16.8 Å². The maximum absolute atomic E-state index is 12.8. The lowest BCUT2D eigenvalue weighted by Gasteiger charge is -2.49. The van der Waals surface area contributed by atoms with E-state index in [0.29, 0.717) is 5.57 Å². The zero-order valence-corrected chi connectivity index (χ0v) is 19.8. The molecule has 0 saturated carbocycles. The number of nitrogens with one attached hydrogen (secondary N) is 1. The molecule has 0 aliphatic carbocycles. The van der Waals surface area contributed by atoms with Gasteiger partial charge in [-0.2, -0.15) is 0 Å². The van der Waals surface area contributed by atoms with Gasteiger partial charge in [0.15, 0.2) is 10.8 Å². The number of β-lactam (4-membered cyclic amide) rings is 1. The number of nitrogens with zero attached hydrogens (tertiary/aromatic N) is 7. The summed E-state index contributed by atoms with van der Waals surface area (Å²) in [4.78, 5) is 53.5. The number of oxime groups is 1. The molecule has 7 N–H and O–H groups in total. The first kappa shape index (κ1) is 24.4. The fourth-order valence-corrected chi connectivity index (χ4v) is 6.22. The molecule has 2 aromatic rings. The predicted octanol–water partition coefficient (Wildman–Crippen LogP) is -2.09. The van der Waals surface area contributed by atoms with E-state index in [-0.39, 0.29) is 39.7 Å². The average Bonchev–Trinajstić information content (AvgIpc) is 3.43. The van der Waals surface area contributed by atoms with Crippen LogP contribution in [0.5, 0.6) is 0 Å². The molecule has 0 spiro atoms. The number of aromatic nitrogens is 5. The number of carbonyl (C=O) groups excluding carboxylic acids is 3. The van der Waals surface area contributed by atoms with Gasteiger partial charge in [0.05, 0.1) is 0 Å². The maximum Gasteiger partial charge on any atom is 0.352 e. The highest BCUT2D eigenvalue weighted by Gasteiger charge is 2.54. The number of nitrogen functional groups attached to an aromatic ring is 1. The quantitative estimate of drug-likeness (QED) is 0.0753. The number of amides is 3. The molecule has 2 aromatic heterocycles. The Bertz CT molecular complexity index is 1270. The first-order valence-corrected chi connectivity index (χ1v) is 12.4. The highest BCUT2D eigenvalue weighted by Crippen LogP contribution is 2.41. The van der Waals surface area contributed by atoms with E-state index >= 15 is 0 Å².